The number of likely N-dealkylation sites (tertiary alicyclic amines) is 1. The highest BCUT2D eigenvalue weighted by molar-refractivity contribution is 5.78. The third-order valence-corrected chi connectivity index (χ3v) is 6.00. The first kappa shape index (κ1) is 16.1. The Kier molecular flexibility index (Phi) is 4.88. The molecule has 130 valence electrons. The van der Waals surface area contributed by atoms with Gasteiger partial charge >= 0.3 is 0 Å². The van der Waals surface area contributed by atoms with Gasteiger partial charge in [0.25, 0.3) is 0 Å². The molecule has 3 nitrogen and oxygen atoms in total. The van der Waals surface area contributed by atoms with Crippen LogP contribution in [0.4, 0.5) is 0 Å². The van der Waals surface area contributed by atoms with E-state index in [1.807, 2.05) is 0 Å². The van der Waals surface area contributed by atoms with Crippen molar-refractivity contribution in [1.29, 1.82) is 0 Å². The van der Waals surface area contributed by atoms with Gasteiger partial charge in [0.2, 0.25) is 5.91 Å². The Balaban J connectivity index is 1.33. The van der Waals surface area contributed by atoms with Crippen molar-refractivity contribution in [2.45, 2.75) is 63.5 Å². The molecule has 0 radical (unpaired) electrons. The molecule has 4 rings (SSSR count). The molecule has 1 aromatic rings. The van der Waals surface area contributed by atoms with E-state index in [9.17, 15) is 4.79 Å². The summed E-state index contributed by atoms with van der Waals surface area (Å²) in [5.41, 5.74) is 1.39. The quantitative estimate of drug-likeness (QED) is 0.833. The van der Waals surface area contributed by atoms with Crippen LogP contribution >= 0.6 is 0 Å². The fourth-order valence-corrected chi connectivity index (χ4v) is 4.33. The molecule has 2 saturated carbocycles. The number of nitrogens with one attached hydrogen (secondary N) is 1. The predicted molar refractivity (Wildman–Crippen MR) is 96.7 cm³/mol. The summed E-state index contributed by atoms with van der Waals surface area (Å²) in [6.45, 7) is 1.66. The summed E-state index contributed by atoms with van der Waals surface area (Å²) in [6, 6.07) is 11.7. The Morgan fingerprint density at radius 2 is 1.75 bits per heavy atom. The second-order valence-corrected chi connectivity index (χ2v) is 8.08. The van der Waals surface area contributed by atoms with Crippen LogP contribution in [0.5, 0.6) is 0 Å². The Morgan fingerprint density at radius 3 is 2.42 bits per heavy atom. The van der Waals surface area contributed by atoms with Crippen molar-refractivity contribution in [3.63, 3.8) is 0 Å². The Bertz CT molecular complexity index is 538. The van der Waals surface area contributed by atoms with Crippen LogP contribution in [0.25, 0.3) is 0 Å². The van der Waals surface area contributed by atoms with Crippen molar-refractivity contribution in [3.8, 4) is 0 Å². The molecule has 0 unspecified atom stereocenters. The van der Waals surface area contributed by atoms with E-state index in [-0.39, 0.29) is 5.91 Å². The lowest BCUT2D eigenvalue weighted by molar-refractivity contribution is -0.124. The Hall–Kier alpha value is -1.35. The van der Waals surface area contributed by atoms with Crippen LogP contribution in [-0.2, 0) is 11.2 Å². The number of amides is 1. The molecule has 0 aromatic heterocycles. The van der Waals surface area contributed by atoms with Crippen LogP contribution in [-0.4, -0.2) is 36.0 Å². The van der Waals surface area contributed by atoms with Crippen molar-refractivity contribution < 1.29 is 4.79 Å². The van der Waals surface area contributed by atoms with Crippen molar-refractivity contribution in [1.82, 2.24) is 10.2 Å². The first-order valence-electron chi connectivity index (χ1n) is 9.87. The monoisotopic (exact) mass is 326 g/mol. The number of hydrogen-bond acceptors (Lipinski definition) is 2. The van der Waals surface area contributed by atoms with Crippen LogP contribution < -0.4 is 5.32 Å². The van der Waals surface area contributed by atoms with Gasteiger partial charge in [-0.15, -0.1) is 0 Å². The molecule has 0 bridgehead atoms. The fraction of sp³-hybridized carbons (Fsp3) is 0.667. The molecule has 1 aromatic carbocycles. The summed E-state index contributed by atoms with van der Waals surface area (Å²) >= 11 is 0. The van der Waals surface area contributed by atoms with E-state index in [1.54, 1.807) is 0 Å². The molecule has 1 amide bonds. The largest absolute Gasteiger partial charge is 0.352 e. The third-order valence-electron chi connectivity index (χ3n) is 6.00. The van der Waals surface area contributed by atoms with E-state index >= 15 is 0 Å². The van der Waals surface area contributed by atoms with Gasteiger partial charge in [0.05, 0.1) is 6.54 Å². The number of piperidine rings is 1. The minimum atomic E-state index is 0.263. The molecule has 2 aliphatic carbocycles. The first-order chi connectivity index (χ1) is 11.8. The lowest BCUT2D eigenvalue weighted by Crippen LogP contribution is -2.49. The normalized spacial score (nSPS) is 25.0. The van der Waals surface area contributed by atoms with Crippen LogP contribution in [0.2, 0.25) is 0 Å². The second kappa shape index (κ2) is 7.26. The number of rotatable bonds is 7. The zero-order valence-corrected chi connectivity index (χ0v) is 14.6. The van der Waals surface area contributed by atoms with E-state index in [4.69, 9.17) is 0 Å². The molecular weight excluding hydrogens is 296 g/mol. The summed E-state index contributed by atoms with van der Waals surface area (Å²) < 4.78 is 0. The Morgan fingerprint density at radius 1 is 1.04 bits per heavy atom. The number of benzene rings is 1. The van der Waals surface area contributed by atoms with E-state index in [0.29, 0.717) is 18.6 Å². The van der Waals surface area contributed by atoms with Gasteiger partial charge in [-0.2, -0.15) is 0 Å². The molecule has 3 aliphatic rings. The number of hydrogen-bond donors (Lipinski definition) is 1. The lowest BCUT2D eigenvalue weighted by atomic mass is 9.95. The average molecular weight is 326 g/mol. The molecule has 1 heterocycles. The van der Waals surface area contributed by atoms with Crippen LogP contribution in [0.3, 0.4) is 0 Å². The van der Waals surface area contributed by atoms with E-state index < -0.39 is 0 Å². The molecule has 24 heavy (non-hydrogen) atoms. The zero-order valence-electron chi connectivity index (χ0n) is 14.6. The summed E-state index contributed by atoms with van der Waals surface area (Å²) in [6.07, 6.45) is 10.1. The molecule has 1 N–H and O–H groups in total. The highest BCUT2D eigenvalue weighted by Crippen LogP contribution is 2.44. The first-order valence-corrected chi connectivity index (χ1v) is 9.87. The van der Waals surface area contributed by atoms with Crippen LogP contribution in [0.15, 0.2) is 30.3 Å². The number of nitrogens with zero attached hydrogens (tertiary/aromatic N) is 1. The van der Waals surface area contributed by atoms with Crippen LogP contribution in [0.1, 0.15) is 50.5 Å². The summed E-state index contributed by atoms with van der Waals surface area (Å²) in [7, 11) is 0. The maximum absolute atomic E-state index is 12.6. The highest BCUT2D eigenvalue weighted by atomic mass is 16.2. The maximum Gasteiger partial charge on any atom is 0.234 e. The smallest absolute Gasteiger partial charge is 0.234 e. The highest BCUT2D eigenvalue weighted by Gasteiger charge is 2.42. The number of carbonyl (C=O) groups excluding carboxylic acids is 1. The minimum Gasteiger partial charge on any atom is -0.352 e. The van der Waals surface area contributed by atoms with Gasteiger partial charge in [-0.25, -0.2) is 0 Å². The van der Waals surface area contributed by atoms with Crippen molar-refractivity contribution >= 4 is 5.91 Å². The van der Waals surface area contributed by atoms with Crippen molar-refractivity contribution in [3.05, 3.63) is 35.9 Å². The van der Waals surface area contributed by atoms with Gasteiger partial charge in [0.15, 0.2) is 0 Å². The maximum atomic E-state index is 12.6. The third kappa shape index (κ3) is 4.18. The molecule has 3 heteroatoms. The predicted octanol–water partition coefficient (Wildman–Crippen LogP) is 3.39. The number of carbonyl (C=O) groups is 1. The second-order valence-electron chi connectivity index (χ2n) is 8.08. The summed E-state index contributed by atoms with van der Waals surface area (Å²) in [4.78, 5) is 15.1. The fourth-order valence-electron chi connectivity index (χ4n) is 4.33. The molecule has 1 atom stereocenters. The SMILES string of the molecule is O=C(CN1CCCC[C@H]1Cc1ccccc1)NC(C1CC1)C1CC1. The molecule has 3 fully saturated rings. The standard InChI is InChI=1S/C21H30N2O/c24-20(22-21(17-9-10-17)18-11-12-18)15-23-13-5-4-8-19(23)14-16-6-2-1-3-7-16/h1-3,6-7,17-19,21H,4-5,8-15H2,(H,22,24)/t19-/m0/s1. The minimum absolute atomic E-state index is 0.263. The molecule has 1 saturated heterocycles. The van der Waals surface area contributed by atoms with E-state index in [1.165, 1.54) is 50.5 Å². The van der Waals surface area contributed by atoms with E-state index in [2.05, 4.69) is 40.5 Å². The zero-order chi connectivity index (χ0) is 16.4. The van der Waals surface area contributed by atoms with Crippen LogP contribution in [0, 0.1) is 11.8 Å². The van der Waals surface area contributed by atoms with Gasteiger partial charge in [-0.3, -0.25) is 9.69 Å². The van der Waals surface area contributed by atoms with Gasteiger partial charge < -0.3 is 5.32 Å². The van der Waals surface area contributed by atoms with Gasteiger partial charge in [0, 0.05) is 12.1 Å². The Labute approximate surface area is 145 Å². The molecule has 1 aliphatic heterocycles. The average Bonchev–Trinajstić information content (AvgIpc) is 3.49. The topological polar surface area (TPSA) is 32.3 Å². The van der Waals surface area contributed by atoms with Gasteiger partial charge in [-0.1, -0.05) is 36.8 Å². The van der Waals surface area contributed by atoms with Crippen molar-refractivity contribution in [2.75, 3.05) is 13.1 Å². The molecule has 0 spiro atoms. The molecular formula is C21H30N2O. The lowest BCUT2D eigenvalue weighted by Gasteiger charge is -2.35. The van der Waals surface area contributed by atoms with Gasteiger partial charge in [-0.05, 0) is 68.9 Å². The van der Waals surface area contributed by atoms with Gasteiger partial charge in [0.1, 0.15) is 0 Å². The summed E-state index contributed by atoms with van der Waals surface area (Å²) in [5.74, 6) is 1.82. The van der Waals surface area contributed by atoms with E-state index in [0.717, 1.165) is 24.8 Å². The van der Waals surface area contributed by atoms with Crippen molar-refractivity contribution in [2.24, 2.45) is 11.8 Å². The summed E-state index contributed by atoms with van der Waals surface area (Å²) in [5, 5.41) is 3.39.